The van der Waals surface area contributed by atoms with Gasteiger partial charge in [0.1, 0.15) is 12.4 Å². The molecule has 0 aliphatic heterocycles. The van der Waals surface area contributed by atoms with E-state index in [1.807, 2.05) is 0 Å². The van der Waals surface area contributed by atoms with Crippen molar-refractivity contribution in [2.45, 2.75) is 44.9 Å². The molecule has 0 unspecified atom stereocenters. The SMILES string of the molecule is CC(=O)O[C@](O)(CC=O)[C@@](O)(OC(C)=O)[C@@H](C)O. The van der Waals surface area contributed by atoms with Crippen LogP contribution in [-0.2, 0) is 23.9 Å². The van der Waals surface area contributed by atoms with Gasteiger partial charge in [0.25, 0.3) is 5.79 Å². The first-order chi connectivity index (χ1) is 8.09. The zero-order chi connectivity index (χ0) is 14.6. The standard InChI is InChI=1S/C10H16O8/c1-6(12)10(16,18-8(3)14)9(15,4-5-11)17-7(2)13/h5-6,12,15-16H,4H2,1-3H3/t6-,9-,10+/m1/s1. The van der Waals surface area contributed by atoms with Crippen molar-refractivity contribution in [3.8, 4) is 0 Å². The highest BCUT2D eigenvalue weighted by Gasteiger charge is 2.59. The Labute approximate surface area is 103 Å². The number of carbonyl (C=O) groups is 3. The van der Waals surface area contributed by atoms with Gasteiger partial charge >= 0.3 is 17.7 Å². The molecule has 0 radical (unpaired) electrons. The maximum atomic E-state index is 10.9. The highest BCUT2D eigenvalue weighted by atomic mass is 16.7. The predicted molar refractivity (Wildman–Crippen MR) is 55.8 cm³/mol. The van der Waals surface area contributed by atoms with Gasteiger partial charge in [-0.2, -0.15) is 0 Å². The molecular weight excluding hydrogens is 248 g/mol. The molecule has 0 aliphatic rings. The van der Waals surface area contributed by atoms with Crippen molar-refractivity contribution in [3.05, 3.63) is 0 Å². The van der Waals surface area contributed by atoms with Crippen LogP contribution in [0.4, 0.5) is 0 Å². The van der Waals surface area contributed by atoms with Crippen LogP contribution in [-0.4, -0.2) is 51.2 Å². The molecule has 0 amide bonds. The summed E-state index contributed by atoms with van der Waals surface area (Å²) in [6.07, 6.45) is -2.56. The van der Waals surface area contributed by atoms with Gasteiger partial charge in [0.05, 0.1) is 6.42 Å². The predicted octanol–water partition coefficient (Wildman–Crippen LogP) is -1.54. The van der Waals surface area contributed by atoms with Gasteiger partial charge in [-0.05, 0) is 6.92 Å². The molecule has 0 aromatic carbocycles. The van der Waals surface area contributed by atoms with Crippen LogP contribution in [0.3, 0.4) is 0 Å². The van der Waals surface area contributed by atoms with Crippen molar-refractivity contribution < 1.29 is 39.2 Å². The zero-order valence-electron chi connectivity index (χ0n) is 10.2. The van der Waals surface area contributed by atoms with E-state index in [0.29, 0.717) is 0 Å². The number of esters is 2. The van der Waals surface area contributed by atoms with Gasteiger partial charge in [-0.25, -0.2) is 0 Å². The fraction of sp³-hybridized carbons (Fsp3) is 0.700. The lowest BCUT2D eigenvalue weighted by molar-refractivity contribution is -0.381. The number of hydrogen-bond acceptors (Lipinski definition) is 8. The Bertz CT molecular complexity index is 339. The molecule has 0 bridgehead atoms. The molecule has 0 fully saturated rings. The molecule has 0 rings (SSSR count). The van der Waals surface area contributed by atoms with E-state index in [4.69, 9.17) is 0 Å². The molecular formula is C10H16O8. The number of carbonyl (C=O) groups excluding carboxylic acids is 3. The molecule has 3 atom stereocenters. The molecule has 0 saturated carbocycles. The Morgan fingerprint density at radius 1 is 1.22 bits per heavy atom. The zero-order valence-corrected chi connectivity index (χ0v) is 10.2. The van der Waals surface area contributed by atoms with Crippen molar-refractivity contribution in [2.75, 3.05) is 0 Å². The first-order valence-corrected chi connectivity index (χ1v) is 5.04. The second kappa shape index (κ2) is 5.89. The summed E-state index contributed by atoms with van der Waals surface area (Å²) < 4.78 is 8.80. The van der Waals surface area contributed by atoms with Crippen LogP contribution in [0, 0.1) is 0 Å². The summed E-state index contributed by atoms with van der Waals surface area (Å²) in [5.74, 6) is -7.91. The van der Waals surface area contributed by atoms with E-state index >= 15 is 0 Å². The highest BCUT2D eigenvalue weighted by Crippen LogP contribution is 2.32. The van der Waals surface area contributed by atoms with Crippen molar-refractivity contribution in [3.63, 3.8) is 0 Å². The molecule has 3 N–H and O–H groups in total. The Hall–Kier alpha value is -1.51. The molecule has 8 heteroatoms. The van der Waals surface area contributed by atoms with Gasteiger partial charge in [-0.1, -0.05) is 0 Å². The molecule has 18 heavy (non-hydrogen) atoms. The summed E-state index contributed by atoms with van der Waals surface area (Å²) >= 11 is 0. The molecule has 0 saturated heterocycles. The third-order valence-electron chi connectivity index (χ3n) is 2.10. The summed E-state index contributed by atoms with van der Waals surface area (Å²) in [4.78, 5) is 32.2. The summed E-state index contributed by atoms with van der Waals surface area (Å²) in [6.45, 7) is 2.80. The quantitative estimate of drug-likeness (QED) is 0.299. The second-order valence-electron chi connectivity index (χ2n) is 3.71. The van der Waals surface area contributed by atoms with Crippen LogP contribution in [0.2, 0.25) is 0 Å². The van der Waals surface area contributed by atoms with E-state index < -0.39 is 36.0 Å². The van der Waals surface area contributed by atoms with Crippen LogP contribution in [0.5, 0.6) is 0 Å². The number of rotatable bonds is 6. The summed E-state index contributed by atoms with van der Waals surface area (Å²) in [6, 6.07) is 0. The van der Waals surface area contributed by atoms with Gasteiger partial charge in [0.15, 0.2) is 0 Å². The molecule has 0 spiro atoms. The monoisotopic (exact) mass is 264 g/mol. The lowest BCUT2D eigenvalue weighted by atomic mass is 9.97. The second-order valence-corrected chi connectivity index (χ2v) is 3.71. The first kappa shape index (κ1) is 16.5. The van der Waals surface area contributed by atoms with E-state index in [0.717, 1.165) is 20.8 Å². The van der Waals surface area contributed by atoms with Crippen molar-refractivity contribution in [1.82, 2.24) is 0 Å². The van der Waals surface area contributed by atoms with Gasteiger partial charge in [-0.15, -0.1) is 0 Å². The molecule has 0 aromatic heterocycles. The Morgan fingerprint density at radius 2 is 1.67 bits per heavy atom. The van der Waals surface area contributed by atoms with E-state index in [-0.39, 0.29) is 6.29 Å². The number of aliphatic hydroxyl groups is 3. The van der Waals surface area contributed by atoms with Crippen LogP contribution >= 0.6 is 0 Å². The average Bonchev–Trinajstić information content (AvgIpc) is 2.14. The van der Waals surface area contributed by atoms with Crippen molar-refractivity contribution >= 4 is 18.2 Å². The summed E-state index contributed by atoms with van der Waals surface area (Å²) in [7, 11) is 0. The molecule has 0 aromatic rings. The molecule has 104 valence electrons. The number of hydrogen-bond donors (Lipinski definition) is 3. The molecule has 0 aliphatic carbocycles. The maximum absolute atomic E-state index is 10.9. The summed E-state index contributed by atoms with van der Waals surface area (Å²) in [5.41, 5.74) is 0. The fourth-order valence-corrected chi connectivity index (χ4v) is 1.32. The molecule has 0 heterocycles. The minimum absolute atomic E-state index is 0.139. The Kier molecular flexibility index (Phi) is 5.40. The minimum atomic E-state index is -2.95. The third-order valence-corrected chi connectivity index (χ3v) is 2.10. The van der Waals surface area contributed by atoms with Crippen LogP contribution in [0.25, 0.3) is 0 Å². The molecule has 8 nitrogen and oxygen atoms in total. The third kappa shape index (κ3) is 3.49. The smallest absolute Gasteiger partial charge is 0.305 e. The van der Waals surface area contributed by atoms with Gasteiger partial charge in [0, 0.05) is 13.8 Å². The minimum Gasteiger partial charge on any atom is -0.425 e. The van der Waals surface area contributed by atoms with Gasteiger partial charge in [-0.3, -0.25) is 9.59 Å². The largest absolute Gasteiger partial charge is 0.425 e. The van der Waals surface area contributed by atoms with Gasteiger partial charge in [0.2, 0.25) is 0 Å². The van der Waals surface area contributed by atoms with Crippen molar-refractivity contribution in [1.29, 1.82) is 0 Å². The lowest BCUT2D eigenvalue weighted by Gasteiger charge is -2.41. The topological polar surface area (TPSA) is 130 Å². The number of aldehydes is 1. The summed E-state index contributed by atoms with van der Waals surface area (Å²) in [5, 5.41) is 29.3. The number of aliphatic hydroxyl groups excluding tert-OH is 1. The van der Waals surface area contributed by atoms with Gasteiger partial charge < -0.3 is 29.6 Å². The fourth-order valence-electron chi connectivity index (χ4n) is 1.32. The van der Waals surface area contributed by atoms with E-state index in [1.54, 1.807) is 0 Å². The normalized spacial score (nSPS) is 19.0. The van der Waals surface area contributed by atoms with E-state index in [9.17, 15) is 29.7 Å². The van der Waals surface area contributed by atoms with Crippen molar-refractivity contribution in [2.24, 2.45) is 0 Å². The Balaban J connectivity index is 5.53. The number of ether oxygens (including phenoxy) is 2. The van der Waals surface area contributed by atoms with Crippen LogP contribution in [0.1, 0.15) is 27.2 Å². The van der Waals surface area contributed by atoms with Crippen LogP contribution in [0.15, 0.2) is 0 Å². The van der Waals surface area contributed by atoms with E-state index in [1.165, 1.54) is 0 Å². The first-order valence-electron chi connectivity index (χ1n) is 5.04. The Morgan fingerprint density at radius 3 is 1.94 bits per heavy atom. The maximum Gasteiger partial charge on any atom is 0.305 e. The lowest BCUT2D eigenvalue weighted by Crippen LogP contribution is -2.64. The van der Waals surface area contributed by atoms with Crippen LogP contribution < -0.4 is 0 Å². The van der Waals surface area contributed by atoms with E-state index in [2.05, 4.69) is 9.47 Å². The average molecular weight is 264 g/mol. The highest BCUT2D eigenvalue weighted by molar-refractivity contribution is 5.68.